The van der Waals surface area contributed by atoms with E-state index in [-0.39, 0.29) is 12.3 Å². The molecule has 7 nitrogen and oxygen atoms in total. The lowest BCUT2D eigenvalue weighted by atomic mass is 10.1. The summed E-state index contributed by atoms with van der Waals surface area (Å²) in [6, 6.07) is 13.0. The molecule has 0 spiro atoms. The van der Waals surface area contributed by atoms with E-state index in [9.17, 15) is 4.79 Å². The number of Topliss-reactive ketones (excluding diaryl/α,β-unsaturated/α-hetero) is 1. The maximum Gasteiger partial charge on any atom is 0.234 e. The van der Waals surface area contributed by atoms with Crippen molar-refractivity contribution in [2.24, 2.45) is 0 Å². The van der Waals surface area contributed by atoms with Gasteiger partial charge in [-0.05, 0) is 37.3 Å². The number of imidazole rings is 1. The number of hydrogen-bond donors (Lipinski definition) is 0. The van der Waals surface area contributed by atoms with Gasteiger partial charge in [0, 0.05) is 5.56 Å². The van der Waals surface area contributed by atoms with Crippen molar-refractivity contribution in [1.29, 1.82) is 0 Å². The number of methoxy groups -OCH3 is 2. The topological polar surface area (TPSA) is 70.7 Å². The van der Waals surface area contributed by atoms with Crippen LogP contribution in [0.25, 0.3) is 16.8 Å². The third kappa shape index (κ3) is 2.48. The summed E-state index contributed by atoms with van der Waals surface area (Å²) in [6.45, 7) is 1.99. The highest BCUT2D eigenvalue weighted by Crippen LogP contribution is 2.28. The number of carbonyl (C=O) groups is 1. The van der Waals surface area contributed by atoms with Crippen molar-refractivity contribution in [2.75, 3.05) is 14.2 Å². The molecule has 132 valence electrons. The number of aryl methyl sites for hydroxylation is 1. The first-order chi connectivity index (χ1) is 12.6. The van der Waals surface area contributed by atoms with Crippen molar-refractivity contribution >= 4 is 22.6 Å². The largest absolute Gasteiger partial charge is 0.493 e. The quantitative estimate of drug-likeness (QED) is 0.518. The minimum atomic E-state index is -0.0464. The summed E-state index contributed by atoms with van der Waals surface area (Å²) in [7, 11) is 3.11. The number of ether oxygens (including phenoxy) is 2. The van der Waals surface area contributed by atoms with Gasteiger partial charge in [-0.15, -0.1) is 5.10 Å². The average Bonchev–Trinajstić information content (AvgIpc) is 3.17. The molecule has 7 heteroatoms. The van der Waals surface area contributed by atoms with E-state index in [1.165, 1.54) is 0 Å². The predicted octanol–water partition coefficient (Wildman–Crippen LogP) is 2.89. The van der Waals surface area contributed by atoms with Crippen LogP contribution in [0.1, 0.15) is 16.2 Å². The van der Waals surface area contributed by atoms with Crippen LogP contribution >= 0.6 is 0 Å². The molecule has 0 aliphatic rings. The highest BCUT2D eigenvalue weighted by molar-refractivity contribution is 5.98. The van der Waals surface area contributed by atoms with Crippen molar-refractivity contribution in [3.63, 3.8) is 0 Å². The fourth-order valence-corrected chi connectivity index (χ4v) is 3.12. The van der Waals surface area contributed by atoms with Crippen molar-refractivity contribution in [3.05, 3.63) is 53.9 Å². The lowest BCUT2D eigenvalue weighted by molar-refractivity contribution is 0.0974. The number of benzene rings is 2. The maximum absolute atomic E-state index is 12.9. The summed E-state index contributed by atoms with van der Waals surface area (Å²) < 4.78 is 14.2. The normalized spacial score (nSPS) is 11.2. The molecule has 2 aromatic heterocycles. The molecular weight excluding hydrogens is 332 g/mol. The van der Waals surface area contributed by atoms with Gasteiger partial charge in [0.25, 0.3) is 0 Å². The number of fused-ring (bicyclic) bond motifs is 3. The van der Waals surface area contributed by atoms with E-state index in [1.807, 2.05) is 35.8 Å². The summed E-state index contributed by atoms with van der Waals surface area (Å²) in [6.07, 6.45) is 0. The standard InChI is InChI=1S/C19H18N4O3/c1-12-20-19-22(14-6-4-5-7-15(14)23(19)21-12)11-16(24)13-8-9-17(25-2)18(10-13)26-3/h4-10H,11H2,1-3H3. The number of carbonyl (C=O) groups excluding carboxylic acids is 1. The van der Waals surface area contributed by atoms with Gasteiger partial charge in [-0.2, -0.15) is 9.50 Å². The molecule has 0 bridgehead atoms. The Hall–Kier alpha value is -3.35. The highest BCUT2D eigenvalue weighted by Gasteiger charge is 2.18. The minimum Gasteiger partial charge on any atom is -0.493 e. The highest BCUT2D eigenvalue weighted by atomic mass is 16.5. The fourth-order valence-electron chi connectivity index (χ4n) is 3.12. The summed E-state index contributed by atoms with van der Waals surface area (Å²) in [5.74, 6) is 2.38. The average molecular weight is 350 g/mol. The molecule has 2 heterocycles. The first-order valence-corrected chi connectivity index (χ1v) is 8.18. The second-order valence-corrected chi connectivity index (χ2v) is 5.94. The van der Waals surface area contributed by atoms with Crippen LogP contribution in [0.4, 0.5) is 0 Å². The van der Waals surface area contributed by atoms with Gasteiger partial charge in [0.15, 0.2) is 17.3 Å². The monoisotopic (exact) mass is 350 g/mol. The van der Waals surface area contributed by atoms with E-state index in [0.29, 0.717) is 28.7 Å². The van der Waals surface area contributed by atoms with Gasteiger partial charge < -0.3 is 14.0 Å². The van der Waals surface area contributed by atoms with Crippen LogP contribution < -0.4 is 9.47 Å². The number of ketones is 1. The molecule has 0 aliphatic carbocycles. The van der Waals surface area contributed by atoms with Gasteiger partial charge in [0.05, 0.1) is 31.8 Å². The molecule has 0 saturated heterocycles. The Kier molecular flexibility index (Phi) is 3.84. The molecular formula is C19H18N4O3. The van der Waals surface area contributed by atoms with E-state index in [0.717, 1.165) is 11.0 Å². The number of rotatable bonds is 5. The molecule has 0 amide bonds. The Morgan fingerprint density at radius 1 is 1.04 bits per heavy atom. The predicted molar refractivity (Wildman–Crippen MR) is 97.1 cm³/mol. The second kappa shape index (κ2) is 6.18. The molecule has 0 fully saturated rings. The van der Waals surface area contributed by atoms with Gasteiger partial charge in [0.1, 0.15) is 5.82 Å². The molecule has 0 radical (unpaired) electrons. The van der Waals surface area contributed by atoms with Gasteiger partial charge >= 0.3 is 0 Å². The van der Waals surface area contributed by atoms with E-state index in [2.05, 4.69) is 10.1 Å². The fraction of sp³-hybridized carbons (Fsp3) is 0.211. The zero-order valence-electron chi connectivity index (χ0n) is 14.8. The van der Waals surface area contributed by atoms with Gasteiger partial charge in [0.2, 0.25) is 5.78 Å². The molecule has 2 aromatic carbocycles. The smallest absolute Gasteiger partial charge is 0.234 e. The van der Waals surface area contributed by atoms with Crippen LogP contribution in [0.3, 0.4) is 0 Å². The van der Waals surface area contributed by atoms with Gasteiger partial charge in [-0.3, -0.25) is 4.79 Å². The van der Waals surface area contributed by atoms with E-state index < -0.39 is 0 Å². The van der Waals surface area contributed by atoms with E-state index in [4.69, 9.17) is 9.47 Å². The van der Waals surface area contributed by atoms with Crippen molar-refractivity contribution in [2.45, 2.75) is 13.5 Å². The maximum atomic E-state index is 12.9. The first kappa shape index (κ1) is 16.1. The van der Waals surface area contributed by atoms with E-state index in [1.54, 1.807) is 36.9 Å². The van der Waals surface area contributed by atoms with Crippen molar-refractivity contribution in [1.82, 2.24) is 19.2 Å². The molecule has 4 aromatic rings. The third-order valence-corrected chi connectivity index (χ3v) is 4.35. The number of hydrogen-bond acceptors (Lipinski definition) is 5. The lowest BCUT2D eigenvalue weighted by Gasteiger charge is -2.09. The van der Waals surface area contributed by atoms with Gasteiger partial charge in [-0.25, -0.2) is 0 Å². The zero-order chi connectivity index (χ0) is 18.3. The molecule has 0 unspecified atom stereocenters. The molecule has 26 heavy (non-hydrogen) atoms. The molecule has 4 rings (SSSR count). The van der Waals surface area contributed by atoms with Crippen LogP contribution in [0, 0.1) is 6.92 Å². The molecule has 0 aliphatic heterocycles. The summed E-state index contributed by atoms with van der Waals surface area (Å²) in [4.78, 5) is 17.4. The first-order valence-electron chi connectivity index (χ1n) is 8.18. The molecule has 0 atom stereocenters. The SMILES string of the molecule is COc1ccc(C(=O)Cn2c3ccccc3n3nc(C)nc23)cc1OC. The Balaban J connectivity index is 1.78. The molecule has 0 saturated carbocycles. The second-order valence-electron chi connectivity index (χ2n) is 5.94. The van der Waals surface area contributed by atoms with Crippen LogP contribution in [0.5, 0.6) is 11.5 Å². The van der Waals surface area contributed by atoms with Crippen LogP contribution in [-0.4, -0.2) is 39.2 Å². The van der Waals surface area contributed by atoms with Crippen molar-refractivity contribution < 1.29 is 14.3 Å². The number of para-hydroxylation sites is 2. The lowest BCUT2D eigenvalue weighted by Crippen LogP contribution is -2.11. The van der Waals surface area contributed by atoms with Gasteiger partial charge in [-0.1, -0.05) is 12.1 Å². The number of nitrogens with zero attached hydrogens (tertiary/aromatic N) is 4. The minimum absolute atomic E-state index is 0.0464. The van der Waals surface area contributed by atoms with E-state index >= 15 is 0 Å². The summed E-state index contributed by atoms with van der Waals surface area (Å²) in [5.41, 5.74) is 2.38. The summed E-state index contributed by atoms with van der Waals surface area (Å²) >= 11 is 0. The van der Waals surface area contributed by atoms with Crippen LogP contribution in [0.15, 0.2) is 42.5 Å². The molecule has 0 N–H and O–H groups in total. The Labute approximate surface area is 149 Å². The van der Waals surface area contributed by atoms with Crippen LogP contribution in [-0.2, 0) is 6.54 Å². The summed E-state index contributed by atoms with van der Waals surface area (Å²) in [5, 5.41) is 4.43. The van der Waals surface area contributed by atoms with Crippen LogP contribution in [0.2, 0.25) is 0 Å². The Bertz CT molecular complexity index is 1130. The third-order valence-electron chi connectivity index (χ3n) is 4.35. The zero-order valence-corrected chi connectivity index (χ0v) is 14.8. The number of aromatic nitrogens is 4. The van der Waals surface area contributed by atoms with Crippen molar-refractivity contribution in [3.8, 4) is 11.5 Å². The Morgan fingerprint density at radius 2 is 1.77 bits per heavy atom. The Morgan fingerprint density at radius 3 is 2.50 bits per heavy atom.